The van der Waals surface area contributed by atoms with Crippen LogP contribution in [0.15, 0.2) is 83.8 Å². The van der Waals surface area contributed by atoms with E-state index in [4.69, 9.17) is 4.84 Å². The molecule has 1 aliphatic rings. The molecule has 0 atom stereocenters. The first-order valence-electron chi connectivity index (χ1n) is 13.4. The van der Waals surface area contributed by atoms with E-state index < -0.39 is 17.4 Å². The molecular formula is C31H28F4N4O3. The molecule has 0 aliphatic carbocycles. The van der Waals surface area contributed by atoms with Gasteiger partial charge in [-0.15, -0.1) is 0 Å². The molecule has 0 spiro atoms. The normalized spacial score (nSPS) is 14.1. The first-order valence-corrected chi connectivity index (χ1v) is 13.4. The minimum atomic E-state index is -4.61. The number of piperidine rings is 1. The van der Waals surface area contributed by atoms with Crippen LogP contribution in [-0.2, 0) is 12.8 Å². The number of benzene rings is 2. The molecule has 0 saturated carbocycles. The van der Waals surface area contributed by atoms with Gasteiger partial charge in [0.2, 0.25) is 0 Å². The Morgan fingerprint density at radius 2 is 1.69 bits per heavy atom. The van der Waals surface area contributed by atoms with Crippen molar-refractivity contribution in [2.24, 2.45) is 0 Å². The fourth-order valence-corrected chi connectivity index (χ4v) is 4.93. The second-order valence-corrected chi connectivity index (χ2v) is 10.1. The van der Waals surface area contributed by atoms with Crippen LogP contribution in [0.5, 0.6) is 0 Å². The van der Waals surface area contributed by atoms with Gasteiger partial charge in [0.25, 0.3) is 11.5 Å². The molecule has 2 aromatic carbocycles. The number of rotatable bonds is 7. The minimum absolute atomic E-state index is 0.0489. The lowest BCUT2D eigenvalue weighted by atomic mass is 9.89. The van der Waals surface area contributed by atoms with Gasteiger partial charge in [-0.3, -0.25) is 9.59 Å². The van der Waals surface area contributed by atoms with Crippen molar-refractivity contribution in [1.29, 1.82) is 0 Å². The summed E-state index contributed by atoms with van der Waals surface area (Å²) >= 11 is 0. The fraction of sp³-hybridized carbons (Fsp3) is 0.258. The highest BCUT2D eigenvalue weighted by Crippen LogP contribution is 2.32. The van der Waals surface area contributed by atoms with Crippen molar-refractivity contribution in [3.8, 4) is 0 Å². The van der Waals surface area contributed by atoms with E-state index in [0.717, 1.165) is 21.9 Å². The fourth-order valence-electron chi connectivity index (χ4n) is 4.93. The number of halogens is 4. The molecule has 5 rings (SSSR count). The standard InChI is InChI=1S/C31H28F4N4O3/c1-20-26(11-12-28(36-20)31(33,34)35)37-27-17-29(40)39(42-19-21-5-3-2-4-6-21)18-25(27)30(41)38-15-13-23(14-16-38)22-7-9-24(32)10-8-22/h2-12,17-18,23,37H,13-16,19H2,1H3. The average molecular weight is 581 g/mol. The lowest BCUT2D eigenvalue weighted by molar-refractivity contribution is -0.141. The Morgan fingerprint density at radius 1 is 1.00 bits per heavy atom. The monoisotopic (exact) mass is 580 g/mol. The summed E-state index contributed by atoms with van der Waals surface area (Å²) in [6.45, 7) is 2.33. The number of aryl methyl sites for hydroxylation is 1. The van der Waals surface area contributed by atoms with Crippen LogP contribution in [-0.4, -0.2) is 33.6 Å². The summed E-state index contributed by atoms with van der Waals surface area (Å²) in [6, 6.07) is 18.7. The van der Waals surface area contributed by atoms with Gasteiger partial charge in [0.05, 0.1) is 28.8 Å². The molecule has 218 valence electrons. The Hall–Kier alpha value is -4.67. The summed E-state index contributed by atoms with van der Waals surface area (Å²) in [5.41, 5.74) is 0.695. The molecule has 11 heteroatoms. The lowest BCUT2D eigenvalue weighted by Crippen LogP contribution is -2.39. The molecule has 2 aromatic heterocycles. The quantitative estimate of drug-likeness (QED) is 0.268. The van der Waals surface area contributed by atoms with Crippen molar-refractivity contribution < 1.29 is 27.2 Å². The molecule has 1 saturated heterocycles. The first-order chi connectivity index (χ1) is 20.1. The number of hydrogen-bond donors (Lipinski definition) is 1. The van der Waals surface area contributed by atoms with Gasteiger partial charge in [0.1, 0.15) is 18.1 Å². The number of anilines is 2. The zero-order valence-electron chi connectivity index (χ0n) is 22.7. The Morgan fingerprint density at radius 3 is 2.33 bits per heavy atom. The smallest absolute Gasteiger partial charge is 0.406 e. The Kier molecular flexibility index (Phi) is 8.28. The van der Waals surface area contributed by atoms with Crippen LogP contribution in [0.2, 0.25) is 0 Å². The highest BCUT2D eigenvalue weighted by atomic mass is 19.4. The van der Waals surface area contributed by atoms with E-state index in [9.17, 15) is 27.2 Å². The van der Waals surface area contributed by atoms with Crippen LogP contribution in [0, 0.1) is 12.7 Å². The number of nitrogens with one attached hydrogen (secondary N) is 1. The average Bonchev–Trinajstić information content (AvgIpc) is 2.98. The van der Waals surface area contributed by atoms with Gasteiger partial charge in [-0.05, 0) is 61.1 Å². The number of nitrogens with zero attached hydrogens (tertiary/aromatic N) is 3. The Labute approximate surface area is 239 Å². The summed E-state index contributed by atoms with van der Waals surface area (Å²) in [7, 11) is 0. The first kappa shape index (κ1) is 28.8. The number of carbonyl (C=O) groups is 1. The van der Waals surface area contributed by atoms with E-state index >= 15 is 0 Å². The van der Waals surface area contributed by atoms with Crippen LogP contribution in [0.1, 0.15) is 51.6 Å². The summed E-state index contributed by atoms with van der Waals surface area (Å²) in [5, 5.41) is 2.94. The number of alkyl halides is 3. The second kappa shape index (κ2) is 12.1. The second-order valence-electron chi connectivity index (χ2n) is 10.1. The van der Waals surface area contributed by atoms with E-state index in [1.807, 2.05) is 30.3 Å². The number of carbonyl (C=O) groups excluding carboxylic acids is 1. The Bertz CT molecular complexity index is 1610. The summed E-state index contributed by atoms with van der Waals surface area (Å²) < 4.78 is 53.8. The highest BCUT2D eigenvalue weighted by Gasteiger charge is 2.33. The van der Waals surface area contributed by atoms with Crippen molar-refractivity contribution in [3.05, 3.63) is 123 Å². The third-order valence-corrected chi connectivity index (χ3v) is 7.23. The van der Waals surface area contributed by atoms with Crippen molar-refractivity contribution in [1.82, 2.24) is 14.6 Å². The summed E-state index contributed by atoms with van der Waals surface area (Å²) in [5.74, 6) is -0.518. The molecule has 0 bridgehead atoms. The molecule has 0 radical (unpaired) electrons. The number of amides is 1. The molecule has 1 fully saturated rings. The van der Waals surface area contributed by atoms with Crippen LogP contribution in [0.4, 0.5) is 28.9 Å². The highest BCUT2D eigenvalue weighted by molar-refractivity contribution is 6.00. The molecular weight excluding hydrogens is 552 g/mol. The number of pyridine rings is 2. The van der Waals surface area contributed by atoms with Gasteiger partial charge >= 0.3 is 6.18 Å². The van der Waals surface area contributed by atoms with Gasteiger partial charge in [-0.25, -0.2) is 9.37 Å². The Balaban J connectivity index is 1.42. The van der Waals surface area contributed by atoms with Gasteiger partial charge in [0.15, 0.2) is 0 Å². The lowest BCUT2D eigenvalue weighted by Gasteiger charge is -2.33. The maximum absolute atomic E-state index is 13.8. The van der Waals surface area contributed by atoms with Crippen molar-refractivity contribution >= 4 is 17.3 Å². The van der Waals surface area contributed by atoms with Gasteiger partial charge in [0, 0.05) is 19.2 Å². The van der Waals surface area contributed by atoms with E-state index in [2.05, 4.69) is 10.3 Å². The van der Waals surface area contributed by atoms with Crippen molar-refractivity contribution in [2.75, 3.05) is 18.4 Å². The zero-order valence-corrected chi connectivity index (χ0v) is 22.7. The maximum Gasteiger partial charge on any atom is 0.433 e. The van der Waals surface area contributed by atoms with E-state index in [1.165, 1.54) is 37.4 Å². The number of likely N-dealkylation sites (tertiary alicyclic amines) is 1. The topological polar surface area (TPSA) is 76.5 Å². The van der Waals surface area contributed by atoms with Crippen LogP contribution >= 0.6 is 0 Å². The largest absolute Gasteiger partial charge is 0.433 e. The SMILES string of the molecule is Cc1nc(C(F)(F)F)ccc1Nc1cc(=O)n(OCc2ccccc2)cc1C(=O)N1CCC(c2ccc(F)cc2)CC1. The van der Waals surface area contributed by atoms with Crippen LogP contribution in [0.25, 0.3) is 0 Å². The summed E-state index contributed by atoms with van der Waals surface area (Å²) in [4.78, 5) is 37.8. The molecule has 0 unspecified atom stereocenters. The number of aromatic nitrogens is 2. The van der Waals surface area contributed by atoms with Gasteiger partial charge < -0.3 is 15.1 Å². The molecule has 7 nitrogen and oxygen atoms in total. The van der Waals surface area contributed by atoms with Gasteiger partial charge in [-0.1, -0.05) is 42.5 Å². The molecule has 1 aliphatic heterocycles. The predicted molar refractivity (Wildman–Crippen MR) is 149 cm³/mol. The third-order valence-electron chi connectivity index (χ3n) is 7.23. The molecule has 3 heterocycles. The van der Waals surface area contributed by atoms with E-state index in [1.54, 1.807) is 17.0 Å². The third kappa shape index (κ3) is 6.62. The zero-order chi connectivity index (χ0) is 29.9. The van der Waals surface area contributed by atoms with E-state index in [0.29, 0.717) is 25.9 Å². The van der Waals surface area contributed by atoms with E-state index in [-0.39, 0.29) is 46.9 Å². The minimum Gasteiger partial charge on any atom is -0.406 e. The van der Waals surface area contributed by atoms with Crippen LogP contribution in [0.3, 0.4) is 0 Å². The maximum atomic E-state index is 13.8. The van der Waals surface area contributed by atoms with Gasteiger partial charge in [-0.2, -0.15) is 17.9 Å². The number of hydrogen-bond acceptors (Lipinski definition) is 5. The molecule has 1 N–H and O–H groups in total. The van der Waals surface area contributed by atoms with Crippen LogP contribution < -0.4 is 15.7 Å². The molecule has 4 aromatic rings. The summed E-state index contributed by atoms with van der Waals surface area (Å²) in [6.07, 6.45) is -1.99. The molecule has 1 amide bonds. The molecule has 42 heavy (non-hydrogen) atoms. The van der Waals surface area contributed by atoms with Crippen molar-refractivity contribution in [3.63, 3.8) is 0 Å². The predicted octanol–water partition coefficient (Wildman–Crippen LogP) is 6.10. The van der Waals surface area contributed by atoms with Crippen molar-refractivity contribution in [2.45, 2.75) is 38.5 Å².